The molecule has 0 amide bonds. The quantitative estimate of drug-likeness (QED) is 0.839. The Morgan fingerprint density at radius 2 is 1.85 bits per heavy atom. The lowest BCUT2D eigenvalue weighted by molar-refractivity contribution is 0.228. The number of hydrogen-bond donors (Lipinski definition) is 1. The van der Waals surface area contributed by atoms with Crippen LogP contribution in [0.25, 0.3) is 0 Å². The van der Waals surface area contributed by atoms with Crippen molar-refractivity contribution >= 4 is 5.69 Å². The summed E-state index contributed by atoms with van der Waals surface area (Å²) >= 11 is 0. The van der Waals surface area contributed by atoms with E-state index in [1.807, 2.05) is 12.1 Å². The van der Waals surface area contributed by atoms with Crippen LogP contribution in [0.15, 0.2) is 24.3 Å². The fourth-order valence-corrected chi connectivity index (χ4v) is 3.38. The molecule has 0 saturated carbocycles. The summed E-state index contributed by atoms with van der Waals surface area (Å²) in [5.74, 6) is 0.944. The Balaban J connectivity index is 1.98. The molecule has 0 aliphatic carbocycles. The molecular formula is C18H30N2. The van der Waals surface area contributed by atoms with Crippen molar-refractivity contribution in [2.24, 2.45) is 5.92 Å². The van der Waals surface area contributed by atoms with E-state index in [0.717, 1.165) is 18.2 Å². The Morgan fingerprint density at radius 3 is 2.50 bits per heavy atom. The standard InChI is InChI=1S/C18H30N2/c1-4-15-6-5-12-20(13-11-15)14-18(2,3)16-7-9-17(19)10-8-16/h7-10,15H,4-6,11-14,19H2,1-3H3. The minimum Gasteiger partial charge on any atom is -0.399 e. The molecular weight excluding hydrogens is 244 g/mol. The van der Waals surface area contributed by atoms with Gasteiger partial charge in [-0.1, -0.05) is 39.3 Å². The van der Waals surface area contributed by atoms with Crippen molar-refractivity contribution in [3.05, 3.63) is 29.8 Å². The minimum atomic E-state index is 0.194. The van der Waals surface area contributed by atoms with E-state index in [4.69, 9.17) is 5.73 Å². The average molecular weight is 274 g/mol. The van der Waals surface area contributed by atoms with Crippen LogP contribution in [-0.4, -0.2) is 24.5 Å². The van der Waals surface area contributed by atoms with Gasteiger partial charge in [-0.2, -0.15) is 0 Å². The van der Waals surface area contributed by atoms with Gasteiger partial charge in [-0.3, -0.25) is 0 Å². The summed E-state index contributed by atoms with van der Waals surface area (Å²) in [7, 11) is 0. The highest BCUT2D eigenvalue weighted by Gasteiger charge is 2.25. The van der Waals surface area contributed by atoms with Gasteiger partial charge in [-0.15, -0.1) is 0 Å². The van der Waals surface area contributed by atoms with Gasteiger partial charge in [0, 0.05) is 17.6 Å². The minimum absolute atomic E-state index is 0.194. The highest BCUT2D eigenvalue weighted by atomic mass is 15.1. The zero-order valence-electron chi connectivity index (χ0n) is 13.4. The fraction of sp³-hybridized carbons (Fsp3) is 0.667. The molecule has 0 aromatic heterocycles. The third kappa shape index (κ3) is 3.99. The van der Waals surface area contributed by atoms with E-state index < -0.39 is 0 Å². The number of benzene rings is 1. The number of nitrogen functional groups attached to an aromatic ring is 1. The number of nitrogens with two attached hydrogens (primary N) is 1. The summed E-state index contributed by atoms with van der Waals surface area (Å²) in [5, 5.41) is 0. The number of likely N-dealkylation sites (tertiary alicyclic amines) is 1. The van der Waals surface area contributed by atoms with E-state index in [0.29, 0.717) is 0 Å². The average Bonchev–Trinajstić information content (AvgIpc) is 2.64. The van der Waals surface area contributed by atoms with E-state index in [-0.39, 0.29) is 5.41 Å². The van der Waals surface area contributed by atoms with Gasteiger partial charge in [-0.25, -0.2) is 0 Å². The van der Waals surface area contributed by atoms with E-state index >= 15 is 0 Å². The number of nitrogens with zero attached hydrogens (tertiary/aromatic N) is 1. The second-order valence-electron chi connectivity index (χ2n) is 6.99. The largest absolute Gasteiger partial charge is 0.399 e. The van der Waals surface area contributed by atoms with Crippen molar-refractivity contribution < 1.29 is 0 Å². The lowest BCUT2D eigenvalue weighted by Crippen LogP contribution is -2.37. The molecule has 2 heteroatoms. The SMILES string of the molecule is CCC1CCCN(CC(C)(C)c2ccc(N)cc2)CC1. The molecule has 1 aliphatic heterocycles. The number of anilines is 1. The Morgan fingerprint density at radius 1 is 1.15 bits per heavy atom. The molecule has 2 nitrogen and oxygen atoms in total. The highest BCUT2D eigenvalue weighted by molar-refractivity contribution is 5.41. The van der Waals surface area contributed by atoms with Gasteiger partial charge in [0.1, 0.15) is 0 Å². The van der Waals surface area contributed by atoms with Crippen molar-refractivity contribution in [1.82, 2.24) is 4.90 Å². The van der Waals surface area contributed by atoms with Crippen LogP contribution in [0.3, 0.4) is 0 Å². The van der Waals surface area contributed by atoms with Crippen LogP contribution in [-0.2, 0) is 5.41 Å². The Kier molecular flexibility index (Phi) is 5.09. The number of hydrogen-bond acceptors (Lipinski definition) is 2. The molecule has 1 atom stereocenters. The third-order valence-corrected chi connectivity index (χ3v) is 4.83. The van der Waals surface area contributed by atoms with Crippen LogP contribution in [0.2, 0.25) is 0 Å². The molecule has 0 bridgehead atoms. The summed E-state index contributed by atoms with van der Waals surface area (Å²) in [5.41, 5.74) is 8.23. The van der Waals surface area contributed by atoms with Gasteiger partial charge < -0.3 is 10.6 Å². The predicted octanol–water partition coefficient (Wildman–Crippen LogP) is 4.06. The zero-order chi connectivity index (χ0) is 14.6. The second kappa shape index (κ2) is 6.62. The molecule has 1 heterocycles. The van der Waals surface area contributed by atoms with E-state index in [1.54, 1.807) is 0 Å². The fourth-order valence-electron chi connectivity index (χ4n) is 3.38. The molecule has 1 aliphatic rings. The number of rotatable bonds is 4. The Hall–Kier alpha value is -1.02. The molecule has 0 spiro atoms. The van der Waals surface area contributed by atoms with Crippen molar-refractivity contribution in [2.45, 2.75) is 51.9 Å². The first-order valence-electron chi connectivity index (χ1n) is 8.09. The van der Waals surface area contributed by atoms with Crippen LogP contribution in [0, 0.1) is 5.92 Å². The lowest BCUT2D eigenvalue weighted by atomic mass is 9.84. The molecule has 0 radical (unpaired) electrons. The van der Waals surface area contributed by atoms with Gasteiger partial charge >= 0.3 is 0 Å². The Bertz CT molecular complexity index is 408. The van der Waals surface area contributed by atoms with Gasteiger partial charge in [0.25, 0.3) is 0 Å². The molecule has 2 N–H and O–H groups in total. The first kappa shape index (κ1) is 15.4. The maximum atomic E-state index is 5.80. The summed E-state index contributed by atoms with van der Waals surface area (Å²) in [4.78, 5) is 2.66. The molecule has 1 unspecified atom stereocenters. The molecule has 1 fully saturated rings. The molecule has 20 heavy (non-hydrogen) atoms. The topological polar surface area (TPSA) is 29.3 Å². The highest BCUT2D eigenvalue weighted by Crippen LogP contribution is 2.27. The van der Waals surface area contributed by atoms with Gasteiger partial charge in [-0.05, 0) is 56.0 Å². The van der Waals surface area contributed by atoms with E-state index in [1.165, 1.54) is 44.3 Å². The van der Waals surface area contributed by atoms with Crippen molar-refractivity contribution in [3.8, 4) is 0 Å². The van der Waals surface area contributed by atoms with Crippen LogP contribution in [0.1, 0.15) is 52.0 Å². The van der Waals surface area contributed by atoms with Crippen molar-refractivity contribution in [3.63, 3.8) is 0 Å². The summed E-state index contributed by atoms with van der Waals surface area (Å²) in [6, 6.07) is 8.41. The molecule has 2 rings (SSSR count). The summed E-state index contributed by atoms with van der Waals surface area (Å²) in [6.07, 6.45) is 5.48. The molecule has 112 valence electrons. The van der Waals surface area contributed by atoms with E-state index in [9.17, 15) is 0 Å². The van der Waals surface area contributed by atoms with E-state index in [2.05, 4.69) is 37.8 Å². The Labute approximate surface area is 124 Å². The van der Waals surface area contributed by atoms with Crippen LogP contribution in [0.5, 0.6) is 0 Å². The van der Waals surface area contributed by atoms with Crippen molar-refractivity contribution in [1.29, 1.82) is 0 Å². The predicted molar refractivity (Wildman–Crippen MR) is 88.0 cm³/mol. The summed E-state index contributed by atoms with van der Waals surface area (Å²) in [6.45, 7) is 10.7. The normalized spacial score (nSPS) is 21.6. The molecule has 1 aromatic rings. The smallest absolute Gasteiger partial charge is 0.0314 e. The lowest BCUT2D eigenvalue weighted by Gasteiger charge is -2.32. The van der Waals surface area contributed by atoms with Crippen LogP contribution >= 0.6 is 0 Å². The first-order valence-corrected chi connectivity index (χ1v) is 8.09. The molecule has 1 saturated heterocycles. The maximum Gasteiger partial charge on any atom is 0.0314 e. The second-order valence-corrected chi connectivity index (χ2v) is 6.99. The van der Waals surface area contributed by atoms with Gasteiger partial charge in [0.15, 0.2) is 0 Å². The van der Waals surface area contributed by atoms with Crippen LogP contribution in [0.4, 0.5) is 5.69 Å². The van der Waals surface area contributed by atoms with Crippen molar-refractivity contribution in [2.75, 3.05) is 25.4 Å². The monoisotopic (exact) mass is 274 g/mol. The zero-order valence-corrected chi connectivity index (χ0v) is 13.4. The maximum absolute atomic E-state index is 5.80. The first-order chi connectivity index (χ1) is 9.51. The van der Waals surface area contributed by atoms with Gasteiger partial charge in [0.05, 0.1) is 0 Å². The third-order valence-electron chi connectivity index (χ3n) is 4.83. The van der Waals surface area contributed by atoms with Crippen LogP contribution < -0.4 is 5.73 Å². The van der Waals surface area contributed by atoms with Gasteiger partial charge in [0.2, 0.25) is 0 Å². The molecule has 1 aromatic carbocycles. The summed E-state index contributed by atoms with van der Waals surface area (Å²) < 4.78 is 0.